The lowest BCUT2D eigenvalue weighted by molar-refractivity contribution is 0.0752. The predicted octanol–water partition coefficient (Wildman–Crippen LogP) is 3.22. The summed E-state index contributed by atoms with van der Waals surface area (Å²) >= 11 is 0. The number of carbonyl (C=O) groups excluding carboxylic acids is 1. The van der Waals surface area contributed by atoms with Crippen molar-refractivity contribution in [3.8, 4) is 17.0 Å². The number of methoxy groups -OCH3 is 1. The summed E-state index contributed by atoms with van der Waals surface area (Å²) in [5, 5.41) is 4.27. The van der Waals surface area contributed by atoms with Gasteiger partial charge in [-0.3, -0.25) is 14.5 Å². The van der Waals surface area contributed by atoms with Gasteiger partial charge < -0.3 is 15.4 Å². The minimum Gasteiger partial charge on any atom is -0.492 e. The van der Waals surface area contributed by atoms with Gasteiger partial charge in [0.1, 0.15) is 5.69 Å². The fourth-order valence-corrected chi connectivity index (χ4v) is 3.05. The van der Waals surface area contributed by atoms with Gasteiger partial charge in [0.25, 0.3) is 5.91 Å². The molecule has 0 aliphatic rings. The molecular formula is C21H25N5O2. The van der Waals surface area contributed by atoms with Crippen LogP contribution in [-0.4, -0.2) is 39.2 Å². The standard InChI is InChI=1S/C21H25N5O2/c1-4-25(13-15-12-24-26(5-2)14-15)21(27)17-8-6-16(7-9-17)19-20(28-3)18(22)10-11-23-19/h6-12,14H,4-5,13H2,1-3H3,(H2,22,23). The highest BCUT2D eigenvalue weighted by atomic mass is 16.5. The summed E-state index contributed by atoms with van der Waals surface area (Å²) in [6.07, 6.45) is 5.42. The molecular weight excluding hydrogens is 354 g/mol. The molecule has 2 N–H and O–H groups in total. The van der Waals surface area contributed by atoms with E-state index in [2.05, 4.69) is 10.1 Å². The van der Waals surface area contributed by atoms with E-state index in [9.17, 15) is 4.79 Å². The van der Waals surface area contributed by atoms with E-state index in [4.69, 9.17) is 10.5 Å². The predicted molar refractivity (Wildman–Crippen MR) is 109 cm³/mol. The molecule has 0 radical (unpaired) electrons. The van der Waals surface area contributed by atoms with Crippen LogP contribution in [0.5, 0.6) is 5.75 Å². The number of rotatable bonds is 7. The molecule has 0 aliphatic heterocycles. The van der Waals surface area contributed by atoms with Gasteiger partial charge in [-0.05, 0) is 32.0 Å². The molecule has 7 heteroatoms. The van der Waals surface area contributed by atoms with Crippen LogP contribution >= 0.6 is 0 Å². The zero-order valence-electron chi connectivity index (χ0n) is 16.4. The second-order valence-electron chi connectivity index (χ2n) is 6.38. The van der Waals surface area contributed by atoms with Crippen LogP contribution < -0.4 is 10.5 Å². The van der Waals surface area contributed by atoms with Gasteiger partial charge in [-0.15, -0.1) is 0 Å². The number of aryl methyl sites for hydroxylation is 1. The van der Waals surface area contributed by atoms with E-state index in [0.717, 1.165) is 17.7 Å². The summed E-state index contributed by atoms with van der Waals surface area (Å²) < 4.78 is 7.23. The monoisotopic (exact) mass is 379 g/mol. The summed E-state index contributed by atoms with van der Waals surface area (Å²) in [5.41, 5.74) is 9.61. The Hall–Kier alpha value is -3.35. The maximum atomic E-state index is 12.9. The minimum absolute atomic E-state index is 0.0224. The van der Waals surface area contributed by atoms with Crippen molar-refractivity contribution >= 4 is 11.6 Å². The van der Waals surface area contributed by atoms with E-state index >= 15 is 0 Å². The second-order valence-corrected chi connectivity index (χ2v) is 6.38. The number of ether oxygens (including phenoxy) is 1. The van der Waals surface area contributed by atoms with Crippen molar-refractivity contribution in [3.05, 3.63) is 60.0 Å². The van der Waals surface area contributed by atoms with Crippen molar-refractivity contribution in [1.82, 2.24) is 19.7 Å². The molecule has 28 heavy (non-hydrogen) atoms. The number of pyridine rings is 1. The first-order valence-corrected chi connectivity index (χ1v) is 9.26. The number of anilines is 1. The first kappa shape index (κ1) is 19.4. The highest BCUT2D eigenvalue weighted by Crippen LogP contribution is 2.32. The number of amides is 1. The summed E-state index contributed by atoms with van der Waals surface area (Å²) in [5.74, 6) is 0.510. The van der Waals surface area contributed by atoms with E-state index in [1.54, 1.807) is 42.6 Å². The lowest BCUT2D eigenvalue weighted by atomic mass is 10.1. The quantitative estimate of drug-likeness (QED) is 0.681. The molecule has 2 aromatic heterocycles. The number of nitrogens with two attached hydrogens (primary N) is 1. The Morgan fingerprint density at radius 3 is 2.57 bits per heavy atom. The Balaban J connectivity index is 1.80. The zero-order chi connectivity index (χ0) is 20.1. The first-order valence-electron chi connectivity index (χ1n) is 9.26. The fourth-order valence-electron chi connectivity index (χ4n) is 3.05. The molecule has 0 fully saturated rings. The van der Waals surface area contributed by atoms with Crippen molar-refractivity contribution < 1.29 is 9.53 Å². The average Bonchev–Trinajstić information content (AvgIpc) is 3.19. The number of benzene rings is 1. The molecule has 0 atom stereocenters. The van der Waals surface area contributed by atoms with Gasteiger partial charge in [0.2, 0.25) is 0 Å². The molecule has 0 aliphatic carbocycles. The Morgan fingerprint density at radius 1 is 1.21 bits per heavy atom. The number of hydrogen-bond donors (Lipinski definition) is 1. The Labute approximate surface area is 164 Å². The minimum atomic E-state index is -0.0224. The average molecular weight is 379 g/mol. The van der Waals surface area contributed by atoms with Crippen LogP contribution in [0, 0.1) is 0 Å². The van der Waals surface area contributed by atoms with E-state index < -0.39 is 0 Å². The normalized spacial score (nSPS) is 10.7. The Bertz CT molecular complexity index is 950. The van der Waals surface area contributed by atoms with E-state index in [-0.39, 0.29) is 5.91 Å². The number of hydrogen-bond acceptors (Lipinski definition) is 5. The third kappa shape index (κ3) is 3.98. The van der Waals surface area contributed by atoms with Crippen molar-refractivity contribution in [2.24, 2.45) is 0 Å². The van der Waals surface area contributed by atoms with Gasteiger partial charge in [-0.1, -0.05) is 12.1 Å². The second kappa shape index (κ2) is 8.56. The fraction of sp³-hybridized carbons (Fsp3) is 0.286. The van der Waals surface area contributed by atoms with Gasteiger partial charge in [0.15, 0.2) is 5.75 Å². The highest BCUT2D eigenvalue weighted by molar-refractivity contribution is 5.94. The summed E-state index contributed by atoms with van der Waals surface area (Å²) in [7, 11) is 1.56. The largest absolute Gasteiger partial charge is 0.492 e. The van der Waals surface area contributed by atoms with Crippen LogP contribution in [0.4, 0.5) is 5.69 Å². The number of nitrogens with zero attached hydrogens (tertiary/aromatic N) is 4. The SMILES string of the molecule is CCN(Cc1cnn(CC)c1)C(=O)c1ccc(-c2nccc(N)c2OC)cc1. The van der Waals surface area contributed by atoms with Crippen molar-refractivity contribution in [2.45, 2.75) is 26.9 Å². The van der Waals surface area contributed by atoms with Crippen molar-refractivity contribution in [2.75, 3.05) is 19.4 Å². The Morgan fingerprint density at radius 2 is 1.96 bits per heavy atom. The molecule has 0 unspecified atom stereocenters. The molecule has 146 valence electrons. The highest BCUT2D eigenvalue weighted by Gasteiger charge is 2.17. The van der Waals surface area contributed by atoms with Crippen LogP contribution in [0.3, 0.4) is 0 Å². The first-order chi connectivity index (χ1) is 13.6. The molecule has 7 nitrogen and oxygen atoms in total. The smallest absolute Gasteiger partial charge is 0.254 e. The topological polar surface area (TPSA) is 86.3 Å². The Kier molecular flexibility index (Phi) is 5.93. The van der Waals surface area contributed by atoms with Gasteiger partial charge in [-0.25, -0.2) is 0 Å². The molecule has 3 aromatic rings. The van der Waals surface area contributed by atoms with Crippen LogP contribution in [-0.2, 0) is 13.1 Å². The molecule has 0 spiro atoms. The van der Waals surface area contributed by atoms with Crippen molar-refractivity contribution in [3.63, 3.8) is 0 Å². The van der Waals surface area contributed by atoms with E-state index in [1.165, 1.54) is 0 Å². The molecule has 2 heterocycles. The maximum Gasteiger partial charge on any atom is 0.254 e. The summed E-state index contributed by atoms with van der Waals surface area (Å²) in [6, 6.07) is 9.03. The number of carbonyl (C=O) groups is 1. The summed E-state index contributed by atoms with van der Waals surface area (Å²) in [4.78, 5) is 19.1. The maximum absolute atomic E-state index is 12.9. The van der Waals surface area contributed by atoms with E-state index in [0.29, 0.717) is 35.8 Å². The lowest BCUT2D eigenvalue weighted by Crippen LogP contribution is -2.30. The van der Waals surface area contributed by atoms with Crippen LogP contribution in [0.25, 0.3) is 11.3 Å². The van der Waals surface area contributed by atoms with Gasteiger partial charge in [0, 0.05) is 48.7 Å². The van der Waals surface area contributed by atoms with Gasteiger partial charge in [-0.2, -0.15) is 5.10 Å². The third-order valence-electron chi connectivity index (χ3n) is 4.60. The van der Waals surface area contributed by atoms with Gasteiger partial charge >= 0.3 is 0 Å². The third-order valence-corrected chi connectivity index (χ3v) is 4.60. The number of nitrogen functional groups attached to an aromatic ring is 1. The molecule has 0 saturated heterocycles. The summed E-state index contributed by atoms with van der Waals surface area (Å²) in [6.45, 7) is 5.95. The van der Waals surface area contributed by atoms with Crippen molar-refractivity contribution in [1.29, 1.82) is 0 Å². The lowest BCUT2D eigenvalue weighted by Gasteiger charge is -2.20. The van der Waals surface area contributed by atoms with E-state index in [1.807, 2.05) is 36.9 Å². The van der Waals surface area contributed by atoms with Gasteiger partial charge in [0.05, 0.1) is 19.0 Å². The number of aromatic nitrogens is 3. The van der Waals surface area contributed by atoms with Crippen LogP contribution in [0.15, 0.2) is 48.9 Å². The van der Waals surface area contributed by atoms with Crippen LogP contribution in [0.2, 0.25) is 0 Å². The molecule has 3 rings (SSSR count). The zero-order valence-corrected chi connectivity index (χ0v) is 16.4. The molecule has 0 bridgehead atoms. The molecule has 1 amide bonds. The van der Waals surface area contributed by atoms with Crippen LogP contribution in [0.1, 0.15) is 29.8 Å². The molecule has 1 aromatic carbocycles. The molecule has 0 saturated carbocycles.